The van der Waals surface area contributed by atoms with E-state index in [0.717, 1.165) is 0 Å². The minimum Gasteiger partial charge on any atom is -0.320 e. The molecule has 1 N–H and O–H groups in total. The van der Waals surface area contributed by atoms with Crippen LogP contribution in [-0.2, 0) is 7.05 Å². The molecule has 7 heteroatoms. The lowest BCUT2D eigenvalue weighted by molar-refractivity contribution is -0.385. The topological polar surface area (TPSA) is 90.1 Å². The predicted octanol–water partition coefficient (Wildman–Crippen LogP) is 1.89. The van der Waals surface area contributed by atoms with Crippen LogP contribution < -0.4 is 5.32 Å². The number of carbonyl (C=O) groups excluding carboxylic acids is 1. The van der Waals surface area contributed by atoms with Crippen LogP contribution in [0.3, 0.4) is 0 Å². The predicted molar refractivity (Wildman–Crippen MR) is 69.0 cm³/mol. The minimum absolute atomic E-state index is 0.0636. The van der Waals surface area contributed by atoms with Crippen LogP contribution in [0.25, 0.3) is 0 Å². The second kappa shape index (κ2) is 4.89. The summed E-state index contributed by atoms with van der Waals surface area (Å²) in [5, 5.41) is 17.5. The monoisotopic (exact) mass is 260 g/mol. The van der Waals surface area contributed by atoms with Gasteiger partial charge in [0, 0.05) is 12.7 Å². The number of carbonyl (C=O) groups is 1. The van der Waals surface area contributed by atoms with Gasteiger partial charge in [0.05, 0.1) is 4.92 Å². The number of hydrogen-bond acceptors (Lipinski definition) is 4. The van der Waals surface area contributed by atoms with Crippen molar-refractivity contribution in [2.45, 2.75) is 6.92 Å². The fraction of sp³-hybridized carbons (Fsp3) is 0.167. The van der Waals surface area contributed by atoms with Crippen molar-refractivity contribution in [2.24, 2.45) is 7.05 Å². The summed E-state index contributed by atoms with van der Waals surface area (Å²) in [5.41, 5.74) is 0.452. The van der Waals surface area contributed by atoms with E-state index < -0.39 is 10.8 Å². The first-order valence-electron chi connectivity index (χ1n) is 5.55. The van der Waals surface area contributed by atoms with Crippen molar-refractivity contribution in [2.75, 3.05) is 5.32 Å². The summed E-state index contributed by atoms with van der Waals surface area (Å²) in [6, 6.07) is 8.74. The molecule has 0 saturated heterocycles. The molecule has 0 aliphatic carbocycles. The summed E-state index contributed by atoms with van der Waals surface area (Å²) in [6.45, 7) is 1.50. The molecule has 0 saturated carbocycles. The molecule has 2 rings (SSSR count). The summed E-state index contributed by atoms with van der Waals surface area (Å²) >= 11 is 0. The Kier molecular flexibility index (Phi) is 3.28. The summed E-state index contributed by atoms with van der Waals surface area (Å²) < 4.78 is 1.21. The highest BCUT2D eigenvalue weighted by molar-refractivity contribution is 6.06. The quantitative estimate of drug-likeness (QED) is 0.674. The van der Waals surface area contributed by atoms with E-state index in [1.807, 2.05) is 6.07 Å². The van der Waals surface area contributed by atoms with Crippen molar-refractivity contribution < 1.29 is 9.72 Å². The van der Waals surface area contributed by atoms with Crippen LogP contribution in [0.15, 0.2) is 30.3 Å². The number of para-hydroxylation sites is 1. The fourth-order valence-electron chi connectivity index (χ4n) is 1.83. The standard InChI is InChI=1S/C12H12N4O3/c1-8-10(16(18)19)11(15(2)14-8)12(17)13-9-6-4-3-5-7-9/h3-7H,1-2H3,(H,13,17). The van der Waals surface area contributed by atoms with Gasteiger partial charge in [-0.2, -0.15) is 5.10 Å². The number of nitro groups is 1. The Hall–Kier alpha value is -2.70. The average molecular weight is 260 g/mol. The molecule has 1 heterocycles. The van der Waals surface area contributed by atoms with Gasteiger partial charge in [0.25, 0.3) is 5.91 Å². The van der Waals surface area contributed by atoms with Gasteiger partial charge in [-0.1, -0.05) is 18.2 Å². The molecule has 0 aliphatic heterocycles. The second-order valence-electron chi connectivity index (χ2n) is 3.98. The number of nitrogens with one attached hydrogen (secondary N) is 1. The zero-order chi connectivity index (χ0) is 14.0. The number of hydrogen-bond donors (Lipinski definition) is 1. The molecule has 19 heavy (non-hydrogen) atoms. The van der Waals surface area contributed by atoms with Crippen molar-refractivity contribution in [3.05, 3.63) is 51.8 Å². The molecule has 7 nitrogen and oxygen atoms in total. The van der Waals surface area contributed by atoms with E-state index in [9.17, 15) is 14.9 Å². The van der Waals surface area contributed by atoms with Crippen LogP contribution in [0.2, 0.25) is 0 Å². The number of amides is 1. The van der Waals surface area contributed by atoms with Crippen molar-refractivity contribution in [3.8, 4) is 0 Å². The normalized spacial score (nSPS) is 10.2. The van der Waals surface area contributed by atoms with Crippen LogP contribution >= 0.6 is 0 Å². The molecule has 1 aromatic heterocycles. The average Bonchev–Trinajstić information content (AvgIpc) is 2.65. The van der Waals surface area contributed by atoms with E-state index in [1.54, 1.807) is 24.3 Å². The van der Waals surface area contributed by atoms with E-state index in [1.165, 1.54) is 18.7 Å². The molecule has 1 aromatic carbocycles. The zero-order valence-electron chi connectivity index (χ0n) is 10.5. The van der Waals surface area contributed by atoms with Gasteiger partial charge in [-0.05, 0) is 19.1 Å². The lowest BCUT2D eigenvalue weighted by Crippen LogP contribution is -2.17. The van der Waals surface area contributed by atoms with Crippen LogP contribution in [-0.4, -0.2) is 20.6 Å². The molecule has 0 unspecified atom stereocenters. The first kappa shape index (κ1) is 12.7. The van der Waals surface area contributed by atoms with Gasteiger partial charge in [0.2, 0.25) is 5.69 Å². The van der Waals surface area contributed by atoms with Crippen LogP contribution in [0, 0.1) is 17.0 Å². The molecule has 0 radical (unpaired) electrons. The first-order valence-corrected chi connectivity index (χ1v) is 5.55. The molecule has 0 bridgehead atoms. The molecule has 0 fully saturated rings. The Morgan fingerprint density at radius 1 is 1.37 bits per heavy atom. The molecule has 1 amide bonds. The van der Waals surface area contributed by atoms with Gasteiger partial charge in [0.1, 0.15) is 5.69 Å². The number of aromatic nitrogens is 2. The minimum atomic E-state index is -0.595. The molecule has 0 atom stereocenters. The van der Waals surface area contributed by atoms with E-state index in [0.29, 0.717) is 5.69 Å². The van der Waals surface area contributed by atoms with Gasteiger partial charge in [-0.15, -0.1) is 0 Å². The molecule has 0 aliphatic rings. The smallest absolute Gasteiger partial charge is 0.320 e. The first-order chi connectivity index (χ1) is 9.00. The SMILES string of the molecule is Cc1nn(C)c(C(=O)Nc2ccccc2)c1[N+](=O)[O-]. The number of anilines is 1. The molecular formula is C12H12N4O3. The van der Waals surface area contributed by atoms with Crippen LogP contribution in [0.1, 0.15) is 16.2 Å². The maximum atomic E-state index is 12.1. The third-order valence-corrected chi connectivity index (χ3v) is 2.62. The summed E-state index contributed by atoms with van der Waals surface area (Å²) in [4.78, 5) is 22.5. The van der Waals surface area contributed by atoms with E-state index >= 15 is 0 Å². The number of benzene rings is 1. The van der Waals surface area contributed by atoms with Gasteiger partial charge in [-0.25, -0.2) is 0 Å². The maximum absolute atomic E-state index is 12.1. The van der Waals surface area contributed by atoms with Crippen molar-refractivity contribution in [1.29, 1.82) is 0 Å². The third kappa shape index (κ3) is 2.44. The van der Waals surface area contributed by atoms with Gasteiger partial charge >= 0.3 is 5.69 Å². The zero-order valence-corrected chi connectivity index (χ0v) is 10.5. The lowest BCUT2D eigenvalue weighted by Gasteiger charge is -2.04. The third-order valence-electron chi connectivity index (χ3n) is 2.62. The number of nitrogens with zero attached hydrogens (tertiary/aromatic N) is 3. The maximum Gasteiger partial charge on any atom is 0.322 e. The Balaban J connectivity index is 2.37. The number of aryl methyl sites for hydroxylation is 2. The van der Waals surface area contributed by atoms with Crippen molar-refractivity contribution in [3.63, 3.8) is 0 Å². The Labute approximate surface area is 109 Å². The summed E-state index contributed by atoms with van der Waals surface area (Å²) in [5.74, 6) is -0.555. The lowest BCUT2D eigenvalue weighted by atomic mass is 10.2. The van der Waals surface area contributed by atoms with Crippen molar-refractivity contribution in [1.82, 2.24) is 9.78 Å². The van der Waals surface area contributed by atoms with Gasteiger partial charge in [0.15, 0.2) is 0 Å². The molecular weight excluding hydrogens is 248 g/mol. The number of rotatable bonds is 3. The van der Waals surface area contributed by atoms with Gasteiger partial charge < -0.3 is 5.32 Å². The largest absolute Gasteiger partial charge is 0.322 e. The fourth-order valence-corrected chi connectivity index (χ4v) is 1.83. The Morgan fingerprint density at radius 3 is 2.58 bits per heavy atom. The second-order valence-corrected chi connectivity index (χ2v) is 3.98. The van der Waals surface area contributed by atoms with Crippen molar-refractivity contribution >= 4 is 17.3 Å². The van der Waals surface area contributed by atoms with E-state index in [4.69, 9.17) is 0 Å². The highest BCUT2D eigenvalue weighted by Crippen LogP contribution is 2.23. The highest BCUT2D eigenvalue weighted by atomic mass is 16.6. The molecule has 98 valence electrons. The van der Waals surface area contributed by atoms with Crippen LogP contribution in [0.5, 0.6) is 0 Å². The highest BCUT2D eigenvalue weighted by Gasteiger charge is 2.29. The van der Waals surface area contributed by atoms with Crippen LogP contribution in [0.4, 0.5) is 11.4 Å². The molecule has 0 spiro atoms. The van der Waals surface area contributed by atoms with E-state index in [2.05, 4.69) is 10.4 Å². The Morgan fingerprint density at radius 2 is 2.00 bits per heavy atom. The summed E-state index contributed by atoms with van der Waals surface area (Å²) in [7, 11) is 1.50. The summed E-state index contributed by atoms with van der Waals surface area (Å²) in [6.07, 6.45) is 0. The Bertz CT molecular complexity index is 634. The molecule has 2 aromatic rings. The van der Waals surface area contributed by atoms with Gasteiger partial charge in [-0.3, -0.25) is 19.6 Å². The van der Waals surface area contributed by atoms with E-state index in [-0.39, 0.29) is 17.1 Å².